The van der Waals surface area contributed by atoms with Crippen molar-refractivity contribution in [2.45, 2.75) is 19.9 Å². The Morgan fingerprint density at radius 3 is 2.35 bits per heavy atom. The second kappa shape index (κ2) is 8.53. The molecule has 6 nitrogen and oxygen atoms in total. The van der Waals surface area contributed by atoms with Gasteiger partial charge in [0.1, 0.15) is 6.04 Å². The molecule has 1 aromatic rings. The van der Waals surface area contributed by atoms with Gasteiger partial charge in [-0.3, -0.25) is 9.59 Å². The zero-order valence-electron chi connectivity index (χ0n) is 13.6. The number of benzene rings is 1. The van der Waals surface area contributed by atoms with Crippen molar-refractivity contribution >= 4 is 29.4 Å². The predicted molar refractivity (Wildman–Crippen MR) is 87.2 cm³/mol. The molecule has 0 aliphatic rings. The van der Waals surface area contributed by atoms with Crippen LogP contribution < -0.4 is 5.32 Å². The highest BCUT2D eigenvalue weighted by molar-refractivity contribution is 6.33. The predicted octanol–water partition coefficient (Wildman–Crippen LogP) is 1.73. The van der Waals surface area contributed by atoms with Gasteiger partial charge in [0.2, 0.25) is 0 Å². The molecule has 1 N–H and O–H groups in total. The average molecular weight is 341 g/mol. The average Bonchev–Trinajstić information content (AvgIpc) is 2.49. The van der Waals surface area contributed by atoms with Crippen molar-refractivity contribution in [1.82, 2.24) is 10.2 Å². The molecular weight excluding hydrogens is 320 g/mol. The third kappa shape index (κ3) is 5.56. The molecule has 0 fully saturated rings. The molecule has 23 heavy (non-hydrogen) atoms. The fraction of sp³-hybridized carbons (Fsp3) is 0.438. The summed E-state index contributed by atoms with van der Waals surface area (Å²) >= 11 is 5.97. The minimum absolute atomic E-state index is 0.205. The molecule has 126 valence electrons. The highest BCUT2D eigenvalue weighted by Gasteiger charge is 2.27. The Bertz CT molecular complexity index is 587. The normalized spacial score (nSPS) is 11.7. The lowest BCUT2D eigenvalue weighted by molar-refractivity contribution is -0.153. The van der Waals surface area contributed by atoms with Gasteiger partial charge in [-0.15, -0.1) is 0 Å². The number of nitrogens with zero attached hydrogens (tertiary/aromatic N) is 1. The maximum atomic E-state index is 12.3. The fourth-order valence-corrected chi connectivity index (χ4v) is 1.94. The summed E-state index contributed by atoms with van der Waals surface area (Å²) in [7, 11) is 3.13. The number of carbonyl (C=O) groups excluding carboxylic acids is 3. The molecular formula is C16H21ClN2O4. The topological polar surface area (TPSA) is 75.7 Å². The van der Waals surface area contributed by atoms with E-state index in [1.54, 1.807) is 52.2 Å². The molecule has 7 heteroatoms. The Morgan fingerprint density at radius 1 is 1.22 bits per heavy atom. The summed E-state index contributed by atoms with van der Waals surface area (Å²) in [5.41, 5.74) is 0.275. The van der Waals surface area contributed by atoms with Gasteiger partial charge < -0.3 is 15.0 Å². The van der Waals surface area contributed by atoms with Gasteiger partial charge in [0.05, 0.1) is 10.6 Å². The maximum absolute atomic E-state index is 12.3. The number of carbonyl (C=O) groups is 3. The minimum Gasteiger partial charge on any atom is -0.454 e. The molecule has 1 rings (SSSR count). The molecule has 2 amide bonds. The summed E-state index contributed by atoms with van der Waals surface area (Å²) in [6.45, 7) is 3.18. The van der Waals surface area contributed by atoms with Gasteiger partial charge in [-0.25, -0.2) is 4.79 Å². The van der Waals surface area contributed by atoms with Crippen molar-refractivity contribution in [2.24, 2.45) is 5.92 Å². The Labute approximate surface area is 140 Å². The quantitative estimate of drug-likeness (QED) is 0.800. The second-order valence-electron chi connectivity index (χ2n) is 5.57. The van der Waals surface area contributed by atoms with E-state index in [1.807, 2.05) is 0 Å². The lowest BCUT2D eigenvalue weighted by atomic mass is 10.0. The first-order valence-corrected chi connectivity index (χ1v) is 7.54. The van der Waals surface area contributed by atoms with Crippen molar-refractivity contribution in [3.8, 4) is 0 Å². The number of esters is 1. The van der Waals surface area contributed by atoms with Gasteiger partial charge in [-0.1, -0.05) is 37.6 Å². The van der Waals surface area contributed by atoms with Crippen molar-refractivity contribution in [3.63, 3.8) is 0 Å². The molecule has 1 atom stereocenters. The van der Waals surface area contributed by atoms with Crippen LogP contribution in [-0.2, 0) is 14.3 Å². The van der Waals surface area contributed by atoms with E-state index in [0.717, 1.165) is 0 Å². The van der Waals surface area contributed by atoms with E-state index in [1.165, 1.54) is 4.90 Å². The van der Waals surface area contributed by atoms with Crippen molar-refractivity contribution in [1.29, 1.82) is 0 Å². The van der Waals surface area contributed by atoms with Crippen LogP contribution in [0.4, 0.5) is 0 Å². The van der Waals surface area contributed by atoms with Crippen LogP contribution in [0.25, 0.3) is 0 Å². The van der Waals surface area contributed by atoms with Crippen LogP contribution in [0, 0.1) is 5.92 Å². The Morgan fingerprint density at radius 2 is 1.83 bits per heavy atom. The zero-order chi connectivity index (χ0) is 17.6. The summed E-state index contributed by atoms with van der Waals surface area (Å²) < 4.78 is 4.98. The smallest absolute Gasteiger partial charge is 0.329 e. The number of hydrogen-bond donors (Lipinski definition) is 1. The monoisotopic (exact) mass is 340 g/mol. The molecule has 0 spiro atoms. The van der Waals surface area contributed by atoms with Gasteiger partial charge in [0.25, 0.3) is 11.8 Å². The fourth-order valence-electron chi connectivity index (χ4n) is 1.71. The summed E-state index contributed by atoms with van der Waals surface area (Å²) in [5, 5.41) is 2.90. The minimum atomic E-state index is -0.867. The SMILES string of the molecule is CC(C)[C@H](NC(=O)c1ccccc1Cl)C(=O)OCC(=O)N(C)C. The molecule has 0 heterocycles. The molecule has 0 radical (unpaired) electrons. The van der Waals surface area contributed by atoms with Gasteiger partial charge >= 0.3 is 5.97 Å². The Balaban J connectivity index is 2.75. The van der Waals surface area contributed by atoms with E-state index in [9.17, 15) is 14.4 Å². The zero-order valence-corrected chi connectivity index (χ0v) is 14.4. The van der Waals surface area contributed by atoms with Crippen LogP contribution in [0.3, 0.4) is 0 Å². The van der Waals surface area contributed by atoms with Crippen molar-refractivity contribution in [3.05, 3.63) is 34.9 Å². The van der Waals surface area contributed by atoms with Crippen LogP contribution in [0.5, 0.6) is 0 Å². The summed E-state index contributed by atoms with van der Waals surface area (Å²) in [5.74, 6) is -1.66. The number of amides is 2. The summed E-state index contributed by atoms with van der Waals surface area (Å²) in [4.78, 5) is 37.2. The van der Waals surface area contributed by atoms with Crippen LogP contribution in [0.2, 0.25) is 5.02 Å². The van der Waals surface area contributed by atoms with Gasteiger partial charge in [0.15, 0.2) is 6.61 Å². The number of hydrogen-bond acceptors (Lipinski definition) is 4. The van der Waals surface area contributed by atoms with E-state index in [0.29, 0.717) is 5.02 Å². The lowest BCUT2D eigenvalue weighted by Gasteiger charge is -2.21. The van der Waals surface area contributed by atoms with Gasteiger partial charge in [0, 0.05) is 14.1 Å². The number of nitrogens with one attached hydrogen (secondary N) is 1. The number of likely N-dealkylation sites (N-methyl/N-ethyl adjacent to an activating group) is 1. The van der Waals surface area contributed by atoms with E-state index >= 15 is 0 Å². The van der Waals surface area contributed by atoms with Crippen molar-refractivity contribution < 1.29 is 19.1 Å². The number of halogens is 1. The highest BCUT2D eigenvalue weighted by Crippen LogP contribution is 2.15. The molecule has 0 aliphatic heterocycles. The molecule has 0 bridgehead atoms. The highest BCUT2D eigenvalue weighted by atomic mass is 35.5. The second-order valence-corrected chi connectivity index (χ2v) is 5.98. The third-order valence-corrected chi connectivity index (χ3v) is 3.49. The van der Waals surface area contributed by atoms with Crippen LogP contribution in [0.1, 0.15) is 24.2 Å². The van der Waals surface area contributed by atoms with Crippen molar-refractivity contribution in [2.75, 3.05) is 20.7 Å². The maximum Gasteiger partial charge on any atom is 0.329 e. The van der Waals surface area contributed by atoms with Crippen LogP contribution in [-0.4, -0.2) is 49.4 Å². The lowest BCUT2D eigenvalue weighted by Crippen LogP contribution is -2.46. The van der Waals surface area contributed by atoms with E-state index in [-0.39, 0.29) is 24.0 Å². The molecule has 0 unspecified atom stereocenters. The van der Waals surface area contributed by atoms with Crippen LogP contribution in [0.15, 0.2) is 24.3 Å². The summed E-state index contributed by atoms with van der Waals surface area (Å²) in [6.07, 6.45) is 0. The first kappa shape index (κ1) is 19.0. The molecule has 0 saturated carbocycles. The Hall–Kier alpha value is -2.08. The molecule has 1 aromatic carbocycles. The number of rotatable bonds is 6. The van der Waals surface area contributed by atoms with Gasteiger partial charge in [-0.2, -0.15) is 0 Å². The summed E-state index contributed by atoms with van der Waals surface area (Å²) in [6, 6.07) is 5.68. The van der Waals surface area contributed by atoms with Crippen LogP contribution >= 0.6 is 11.6 Å². The molecule has 0 aromatic heterocycles. The van der Waals surface area contributed by atoms with E-state index in [2.05, 4.69) is 5.32 Å². The molecule has 0 saturated heterocycles. The first-order valence-electron chi connectivity index (χ1n) is 7.16. The third-order valence-electron chi connectivity index (χ3n) is 3.16. The Kier molecular flexibility index (Phi) is 7.03. The van der Waals surface area contributed by atoms with E-state index in [4.69, 9.17) is 16.3 Å². The largest absolute Gasteiger partial charge is 0.454 e. The standard InChI is InChI=1S/C16H21ClN2O4/c1-10(2)14(16(22)23-9-13(20)19(3)4)18-15(21)11-7-5-6-8-12(11)17/h5-8,10,14H,9H2,1-4H3,(H,18,21)/t14-/m0/s1. The van der Waals surface area contributed by atoms with Gasteiger partial charge in [-0.05, 0) is 18.1 Å². The van der Waals surface area contributed by atoms with E-state index < -0.39 is 17.9 Å². The molecule has 0 aliphatic carbocycles. The number of ether oxygens (including phenoxy) is 1. The first-order chi connectivity index (χ1) is 10.7.